The maximum Gasteiger partial charge on any atom is 0 e. The number of rotatable bonds is 16. The van der Waals surface area contributed by atoms with E-state index < -0.39 is 195 Å². The van der Waals surface area contributed by atoms with E-state index in [0.717, 1.165) is 0 Å². The predicted octanol–water partition coefficient (Wildman–Crippen LogP) is 20.6. The monoisotopic (exact) mass is 1620 g/mol. The molecule has 2 radical (unpaired) electrons. The van der Waals surface area contributed by atoms with Gasteiger partial charge in [-0.1, -0.05) is 104 Å². The molecule has 0 fully saturated rings. The first-order valence-corrected chi connectivity index (χ1v) is 33.9. The van der Waals surface area contributed by atoms with Crippen LogP contribution in [0.3, 0.4) is 0 Å². The Morgan fingerprint density at radius 1 is 0.289 bits per heavy atom. The molecule has 0 spiro atoms. The summed E-state index contributed by atoms with van der Waals surface area (Å²) in [5.74, 6) is 3.18. The fourth-order valence-corrected chi connectivity index (χ4v) is 21.0. The average Bonchev–Trinajstić information content (AvgIpc) is 0.731. The molecule has 0 heterocycles. The maximum atomic E-state index is 14.2. The average molecular weight is 1620 g/mol. The molecule has 4 aromatic carbocycles. The molecule has 0 atom stereocenters. The minimum Gasteiger partial charge on any atom is -1.00 e. The SMILES string of the molecule is CCP(CC)CP(CC)CC.CCP(CC)CP(CC)CC.ClCCl.FC(F)(F)c1cc([B-](c2cc(C(F)(F)F)cc(C(F)(F)F)c2)(c2cc(C(F)(F)F)cc(C(F)(F)F)c2)c2cc(C(F)(F)F)cc(C(F)(F)F)c2)cc(C(F)(F)F)c1.[C-]#[O+].[C-]#[O+].[C-]#[O+].[H-].[Rh].[Rh]. The summed E-state index contributed by atoms with van der Waals surface area (Å²) in [4.78, 5) is 0. The van der Waals surface area contributed by atoms with Crippen molar-refractivity contribution in [3.8, 4) is 0 Å². The van der Waals surface area contributed by atoms with E-state index in [1.54, 1.807) is 11.8 Å². The van der Waals surface area contributed by atoms with E-state index in [4.69, 9.17) is 37.2 Å². The Hall–Kier alpha value is -1.97. The van der Waals surface area contributed by atoms with Crippen molar-refractivity contribution >= 4 is 82.9 Å². The Kier molecular flexibility index (Phi) is 45.7. The molecule has 0 saturated carbocycles. The zero-order valence-electron chi connectivity index (χ0n) is 49.3. The third-order valence-corrected chi connectivity index (χ3v) is 26.4. The van der Waals surface area contributed by atoms with Crippen molar-refractivity contribution in [1.29, 1.82) is 0 Å². The van der Waals surface area contributed by atoms with Crippen molar-refractivity contribution in [1.82, 2.24) is 0 Å². The first-order valence-electron chi connectivity index (χ1n) is 25.2. The molecule has 0 N–H and O–H groups in total. The van der Waals surface area contributed by atoms with Gasteiger partial charge in [0.05, 0.1) is 49.8 Å². The second kappa shape index (κ2) is 42.6. The summed E-state index contributed by atoms with van der Waals surface area (Å²) in [5.41, 5.74) is -30.2. The van der Waals surface area contributed by atoms with Crippen molar-refractivity contribution in [3.05, 3.63) is 137 Å². The van der Waals surface area contributed by atoms with Crippen molar-refractivity contribution in [2.45, 2.75) is 105 Å². The van der Waals surface area contributed by atoms with Gasteiger partial charge in [-0.2, -0.15) is 127 Å². The van der Waals surface area contributed by atoms with E-state index in [9.17, 15) is 105 Å². The van der Waals surface area contributed by atoms with Crippen LogP contribution in [-0.2, 0) is 102 Å². The van der Waals surface area contributed by atoms with Crippen LogP contribution in [0.1, 0.15) is 101 Å². The second-order valence-electron chi connectivity index (χ2n) is 17.8. The number of halogens is 26. The molecule has 0 amide bonds. The molecular formula is C54H59BCl2F24O3P4Rh2-2. The fraction of sp³-hybridized carbons (Fsp3) is 0.500. The van der Waals surface area contributed by atoms with Crippen molar-refractivity contribution in [3.63, 3.8) is 0 Å². The summed E-state index contributed by atoms with van der Waals surface area (Å²) in [7, 11) is 1.69. The van der Waals surface area contributed by atoms with Crippen LogP contribution in [0.25, 0.3) is 0 Å². The van der Waals surface area contributed by atoms with Gasteiger partial charge in [-0.15, -0.1) is 54.9 Å². The van der Waals surface area contributed by atoms with Crippen LogP contribution in [0.4, 0.5) is 105 Å². The molecule has 0 aliphatic heterocycles. The molecule has 3 nitrogen and oxygen atoms in total. The minimum atomic E-state index is -6.13. The molecule has 0 aliphatic carbocycles. The Morgan fingerprint density at radius 2 is 0.389 bits per heavy atom. The molecule has 0 unspecified atom stereocenters. The number of hydrogen-bond donors (Lipinski definition) is 0. The quantitative estimate of drug-likeness (QED) is 0.0268. The van der Waals surface area contributed by atoms with E-state index in [1.165, 1.54) is 49.3 Å². The van der Waals surface area contributed by atoms with Gasteiger partial charge in [0.15, 0.2) is 0 Å². The first-order chi connectivity index (χ1) is 40.2. The van der Waals surface area contributed by atoms with Gasteiger partial charge in [0.1, 0.15) is 6.15 Å². The molecule has 0 aliphatic rings. The van der Waals surface area contributed by atoms with E-state index >= 15 is 0 Å². The van der Waals surface area contributed by atoms with E-state index in [2.05, 4.69) is 75.3 Å². The zero-order valence-corrected chi connectivity index (χ0v) is 56.7. The largest absolute Gasteiger partial charge is 1.00 e. The molecule has 36 heteroatoms. The Bertz CT molecular complexity index is 2270. The summed E-state index contributed by atoms with van der Waals surface area (Å²) < 4.78 is 363. The molecule has 0 aromatic heterocycles. The number of alkyl halides is 26. The van der Waals surface area contributed by atoms with E-state index in [-0.39, 0.29) is 45.7 Å². The van der Waals surface area contributed by atoms with E-state index in [0.29, 0.717) is 31.7 Å². The van der Waals surface area contributed by atoms with Gasteiger partial charge in [-0.3, -0.25) is 0 Å². The summed E-state index contributed by atoms with van der Waals surface area (Å²) in [6.45, 7) is 32.3. The third-order valence-electron chi connectivity index (χ3n) is 12.8. The summed E-state index contributed by atoms with van der Waals surface area (Å²) in [6, 6.07) is -8.81. The van der Waals surface area contributed by atoms with Gasteiger partial charge in [0, 0.05) is 39.0 Å². The van der Waals surface area contributed by atoms with Crippen LogP contribution in [-0.4, -0.2) is 72.6 Å². The van der Waals surface area contributed by atoms with Crippen molar-refractivity contribution < 1.29 is 160 Å². The Labute approximate surface area is 548 Å². The van der Waals surface area contributed by atoms with Gasteiger partial charge in [-0.05, 0) is 85.4 Å². The zero-order chi connectivity index (χ0) is 70.0. The summed E-state index contributed by atoms with van der Waals surface area (Å²) >= 11 is 9.53. The third kappa shape index (κ3) is 30.8. The minimum absolute atomic E-state index is 0. The molecule has 0 saturated heterocycles. The Morgan fingerprint density at radius 3 is 0.467 bits per heavy atom. The second-order valence-corrected chi connectivity index (χ2v) is 31.3. The van der Waals surface area contributed by atoms with Crippen LogP contribution >= 0.6 is 54.9 Å². The van der Waals surface area contributed by atoms with E-state index in [1.807, 2.05) is 0 Å². The molecule has 90 heavy (non-hydrogen) atoms. The fourth-order valence-electron chi connectivity index (χ4n) is 8.33. The van der Waals surface area contributed by atoms with Gasteiger partial charge in [-0.25, -0.2) is 0 Å². The standard InChI is InChI=1S/C32H12BF24.2C9H22P2.CH2Cl2.3CO.2Rh.H/c34-25(35,36)13-1-14(26(37,38)39)6-21(5-13)33(22-7-15(27(40,41)42)2-16(8-22)28(43,44)45,23-9-17(29(46,47)48)3-18(10-23)30(49,50)51)24-11-19(31(52,53)54)4-20(12-24)32(55,56)57;2*1-5-10(6-2)9-11(7-3)8-4;2-1-3;3*1-2;;;/h1-12H;2*5-9H2,1-4H3;1H2;;;;;;/q-1;;;;;;;;;-1. The van der Waals surface area contributed by atoms with Crippen molar-refractivity contribution in [2.24, 2.45) is 0 Å². The molecule has 4 aromatic rings. The van der Waals surface area contributed by atoms with Crippen LogP contribution in [0, 0.1) is 20.0 Å². The molecule has 4 rings (SSSR count). The normalized spacial score (nSPS) is 12.1. The van der Waals surface area contributed by atoms with Crippen LogP contribution in [0.15, 0.2) is 72.8 Å². The van der Waals surface area contributed by atoms with Crippen LogP contribution in [0.2, 0.25) is 0 Å². The first kappa shape index (κ1) is 96.7. The van der Waals surface area contributed by atoms with Crippen LogP contribution in [0.5, 0.6) is 0 Å². The summed E-state index contributed by atoms with van der Waals surface area (Å²) in [6.07, 6.45) is -43.2. The predicted molar refractivity (Wildman–Crippen MR) is 301 cm³/mol. The Balaban J connectivity index is -0.000000440. The maximum absolute atomic E-state index is 14.2. The smallest absolute Gasteiger partial charge is 0 e. The summed E-state index contributed by atoms with van der Waals surface area (Å²) in [5, 5.41) is 0.194. The van der Waals surface area contributed by atoms with Gasteiger partial charge in [0.25, 0.3) is 0 Å². The topological polar surface area (TPSA) is 59.7 Å². The molecular weight excluding hydrogens is 1560 g/mol. The number of hydrogen-bond acceptors (Lipinski definition) is 0. The van der Waals surface area contributed by atoms with Gasteiger partial charge in [0.2, 0.25) is 0 Å². The van der Waals surface area contributed by atoms with Crippen LogP contribution < -0.4 is 21.9 Å². The van der Waals surface area contributed by atoms with Crippen molar-refractivity contribution in [2.75, 3.05) is 66.4 Å². The van der Waals surface area contributed by atoms with Gasteiger partial charge >= 0.3 is 83.3 Å². The number of benzene rings is 4. The van der Waals surface area contributed by atoms with Gasteiger partial charge < -0.3 is 1.43 Å². The molecule has 518 valence electrons. The molecule has 0 bridgehead atoms.